The Morgan fingerprint density at radius 1 is 1.04 bits per heavy atom. The van der Waals surface area contributed by atoms with Gasteiger partial charge in [-0.2, -0.15) is 5.11 Å². The van der Waals surface area contributed by atoms with Gasteiger partial charge >= 0.3 is 5.97 Å². The second-order valence-corrected chi connectivity index (χ2v) is 6.30. The molecule has 3 N–H and O–H groups in total. The van der Waals surface area contributed by atoms with Gasteiger partial charge in [-0.3, -0.25) is 0 Å². The van der Waals surface area contributed by atoms with Crippen LogP contribution >= 0.6 is 0 Å². The van der Waals surface area contributed by atoms with E-state index in [1.807, 2.05) is 18.2 Å². The van der Waals surface area contributed by atoms with Gasteiger partial charge < -0.3 is 20.1 Å². The zero-order valence-electron chi connectivity index (χ0n) is 14.0. The number of rotatable bonds is 4. The minimum Gasteiger partial charge on any atom is -0.493 e. The monoisotopic (exact) mass is 350 g/mol. The predicted octanol–water partition coefficient (Wildman–Crippen LogP) is 4.59. The Bertz CT molecular complexity index is 986. The SMILES string of the molecule is O=C(O)c1ccc(N=Nc2c(O)[nH]c3cc(N4CCCC4)ccc23)cc1. The number of hydrogen-bond donors (Lipinski definition) is 3. The summed E-state index contributed by atoms with van der Waals surface area (Å²) in [5.74, 6) is -1.03. The maximum atomic E-state index is 10.9. The number of benzene rings is 2. The van der Waals surface area contributed by atoms with Gasteiger partial charge in [-0.15, -0.1) is 5.11 Å². The van der Waals surface area contributed by atoms with E-state index in [0.717, 1.165) is 29.7 Å². The number of aromatic hydroxyl groups is 1. The molecule has 132 valence electrons. The van der Waals surface area contributed by atoms with Crippen molar-refractivity contribution in [1.29, 1.82) is 0 Å². The summed E-state index contributed by atoms with van der Waals surface area (Å²) < 4.78 is 0. The molecule has 3 aromatic rings. The van der Waals surface area contributed by atoms with E-state index in [1.54, 1.807) is 12.1 Å². The summed E-state index contributed by atoms with van der Waals surface area (Å²) in [7, 11) is 0. The largest absolute Gasteiger partial charge is 0.493 e. The van der Waals surface area contributed by atoms with Crippen molar-refractivity contribution < 1.29 is 15.0 Å². The summed E-state index contributed by atoms with van der Waals surface area (Å²) in [5, 5.41) is 28.1. The third-order valence-corrected chi connectivity index (χ3v) is 4.59. The predicted molar refractivity (Wildman–Crippen MR) is 99.0 cm³/mol. The van der Waals surface area contributed by atoms with Gasteiger partial charge in [0.2, 0.25) is 5.88 Å². The van der Waals surface area contributed by atoms with Crippen molar-refractivity contribution >= 4 is 33.9 Å². The molecule has 1 fully saturated rings. The van der Waals surface area contributed by atoms with Crippen molar-refractivity contribution in [2.75, 3.05) is 18.0 Å². The number of aromatic nitrogens is 1. The van der Waals surface area contributed by atoms with E-state index in [2.05, 4.69) is 20.1 Å². The molecule has 7 heteroatoms. The lowest BCUT2D eigenvalue weighted by atomic mass is 10.2. The van der Waals surface area contributed by atoms with Gasteiger partial charge in [0.15, 0.2) is 5.69 Å². The lowest BCUT2D eigenvalue weighted by molar-refractivity contribution is 0.0697. The number of hydrogen-bond acceptors (Lipinski definition) is 5. The first-order valence-corrected chi connectivity index (χ1v) is 8.46. The molecule has 1 aliphatic rings. The Morgan fingerprint density at radius 3 is 2.46 bits per heavy atom. The van der Waals surface area contributed by atoms with Crippen molar-refractivity contribution in [3.8, 4) is 5.88 Å². The molecule has 1 aliphatic heterocycles. The van der Waals surface area contributed by atoms with Gasteiger partial charge in [-0.1, -0.05) is 0 Å². The lowest BCUT2D eigenvalue weighted by Crippen LogP contribution is -2.17. The number of carboxylic acid groups (broad SMARTS) is 1. The van der Waals surface area contributed by atoms with Crippen LogP contribution in [0.25, 0.3) is 10.9 Å². The van der Waals surface area contributed by atoms with Crippen LogP contribution in [0.5, 0.6) is 5.88 Å². The van der Waals surface area contributed by atoms with Crippen molar-refractivity contribution in [3.05, 3.63) is 48.0 Å². The maximum Gasteiger partial charge on any atom is 0.335 e. The molecule has 0 saturated carbocycles. The van der Waals surface area contributed by atoms with Crippen LogP contribution in [0.1, 0.15) is 23.2 Å². The molecule has 2 heterocycles. The molecule has 4 rings (SSSR count). The van der Waals surface area contributed by atoms with Crippen molar-refractivity contribution in [3.63, 3.8) is 0 Å². The average molecular weight is 350 g/mol. The van der Waals surface area contributed by atoms with Crippen LogP contribution in [0.15, 0.2) is 52.7 Å². The van der Waals surface area contributed by atoms with Crippen molar-refractivity contribution in [2.24, 2.45) is 10.2 Å². The normalized spacial score (nSPS) is 14.5. The Kier molecular flexibility index (Phi) is 4.04. The first-order valence-electron chi connectivity index (χ1n) is 8.46. The molecule has 0 radical (unpaired) electrons. The van der Waals surface area contributed by atoms with E-state index >= 15 is 0 Å². The number of carbonyl (C=O) groups is 1. The molecule has 1 aromatic heterocycles. The Hall–Kier alpha value is -3.35. The first-order chi connectivity index (χ1) is 12.6. The Labute approximate surface area is 149 Å². The van der Waals surface area contributed by atoms with Crippen LogP contribution in [-0.4, -0.2) is 34.3 Å². The fourth-order valence-corrected chi connectivity index (χ4v) is 3.21. The molecule has 0 spiro atoms. The van der Waals surface area contributed by atoms with Crippen LogP contribution in [0.3, 0.4) is 0 Å². The zero-order chi connectivity index (χ0) is 18.1. The summed E-state index contributed by atoms with van der Waals surface area (Å²) in [6.07, 6.45) is 2.41. The minimum atomic E-state index is -0.989. The lowest BCUT2D eigenvalue weighted by Gasteiger charge is -2.17. The van der Waals surface area contributed by atoms with Crippen LogP contribution < -0.4 is 4.90 Å². The van der Waals surface area contributed by atoms with E-state index in [0.29, 0.717) is 11.4 Å². The fourth-order valence-electron chi connectivity index (χ4n) is 3.21. The molecule has 0 unspecified atom stereocenters. The smallest absolute Gasteiger partial charge is 0.335 e. The van der Waals surface area contributed by atoms with Crippen LogP contribution in [0.2, 0.25) is 0 Å². The van der Waals surface area contributed by atoms with E-state index < -0.39 is 5.97 Å². The van der Waals surface area contributed by atoms with Crippen LogP contribution in [0.4, 0.5) is 17.1 Å². The first kappa shape index (κ1) is 16.1. The van der Waals surface area contributed by atoms with E-state index in [1.165, 1.54) is 25.0 Å². The maximum absolute atomic E-state index is 10.9. The van der Waals surface area contributed by atoms with Crippen LogP contribution in [0, 0.1) is 0 Å². The third kappa shape index (κ3) is 2.99. The number of nitrogens with zero attached hydrogens (tertiary/aromatic N) is 3. The number of nitrogens with one attached hydrogen (secondary N) is 1. The van der Waals surface area contributed by atoms with Crippen LogP contribution in [-0.2, 0) is 0 Å². The fraction of sp³-hybridized carbons (Fsp3) is 0.211. The summed E-state index contributed by atoms with van der Waals surface area (Å²) in [5.41, 5.74) is 3.01. The highest BCUT2D eigenvalue weighted by molar-refractivity contribution is 5.96. The molecule has 2 aromatic carbocycles. The minimum absolute atomic E-state index is 0.0375. The highest BCUT2D eigenvalue weighted by atomic mass is 16.4. The topological polar surface area (TPSA) is 101 Å². The quantitative estimate of drug-likeness (QED) is 0.599. The Morgan fingerprint density at radius 2 is 1.77 bits per heavy atom. The number of aromatic carboxylic acids is 1. The molecule has 0 aliphatic carbocycles. The molecule has 0 bridgehead atoms. The van der Waals surface area contributed by atoms with Gasteiger partial charge in [0, 0.05) is 24.2 Å². The summed E-state index contributed by atoms with van der Waals surface area (Å²) in [4.78, 5) is 16.1. The van der Waals surface area contributed by atoms with Gasteiger partial charge in [-0.05, 0) is 55.3 Å². The number of aromatic amines is 1. The Balaban J connectivity index is 1.63. The zero-order valence-corrected chi connectivity index (χ0v) is 14.0. The number of carboxylic acids is 1. The number of azo groups is 1. The number of anilines is 1. The molecular weight excluding hydrogens is 332 g/mol. The summed E-state index contributed by atoms with van der Waals surface area (Å²) in [6.45, 7) is 2.11. The molecule has 1 saturated heterocycles. The van der Waals surface area contributed by atoms with E-state index in [-0.39, 0.29) is 11.4 Å². The van der Waals surface area contributed by atoms with E-state index in [4.69, 9.17) is 5.11 Å². The molecule has 26 heavy (non-hydrogen) atoms. The van der Waals surface area contributed by atoms with Gasteiger partial charge in [0.05, 0.1) is 16.8 Å². The highest BCUT2D eigenvalue weighted by Gasteiger charge is 2.15. The third-order valence-electron chi connectivity index (χ3n) is 4.59. The van der Waals surface area contributed by atoms with Gasteiger partial charge in [0.1, 0.15) is 0 Å². The second kappa shape index (κ2) is 6.51. The molecule has 0 atom stereocenters. The second-order valence-electron chi connectivity index (χ2n) is 6.30. The molecule has 7 nitrogen and oxygen atoms in total. The van der Waals surface area contributed by atoms with Gasteiger partial charge in [0.25, 0.3) is 0 Å². The standard InChI is InChI=1S/C19H18N4O3/c24-18-17(22-21-13-5-3-12(4-6-13)19(25)26)15-8-7-14(11-16(15)20-18)23-9-1-2-10-23/h3-8,11,20,24H,1-2,9-10H2,(H,25,26). The van der Waals surface area contributed by atoms with Gasteiger partial charge in [-0.25, -0.2) is 4.79 Å². The molecular formula is C19H18N4O3. The highest BCUT2D eigenvalue weighted by Crippen LogP contribution is 2.38. The summed E-state index contributed by atoms with van der Waals surface area (Å²) >= 11 is 0. The number of fused-ring (bicyclic) bond motifs is 1. The summed E-state index contributed by atoms with van der Waals surface area (Å²) in [6, 6.07) is 12.1. The van der Waals surface area contributed by atoms with E-state index in [9.17, 15) is 9.90 Å². The number of H-pyrrole nitrogens is 1. The van der Waals surface area contributed by atoms with Crippen molar-refractivity contribution in [2.45, 2.75) is 12.8 Å². The van der Waals surface area contributed by atoms with Crippen molar-refractivity contribution in [1.82, 2.24) is 4.98 Å². The molecule has 0 amide bonds. The average Bonchev–Trinajstić information content (AvgIpc) is 3.27.